The van der Waals surface area contributed by atoms with Gasteiger partial charge in [0.1, 0.15) is 11.5 Å². The van der Waals surface area contributed by atoms with Crippen molar-refractivity contribution in [3.63, 3.8) is 0 Å². The molecule has 1 unspecified atom stereocenters. The lowest BCUT2D eigenvalue weighted by atomic mass is 10.1. The Kier molecular flexibility index (Phi) is 5.56. The fraction of sp³-hybridized carbons (Fsp3) is 0.375. The molecule has 2 N–H and O–H groups in total. The molecule has 3 nitrogen and oxygen atoms in total. The number of rotatable bonds is 7. The minimum Gasteiger partial charge on any atom is -0.491 e. The molecule has 0 saturated carbocycles. The van der Waals surface area contributed by atoms with Gasteiger partial charge >= 0.3 is 0 Å². The van der Waals surface area contributed by atoms with E-state index in [0.717, 1.165) is 28.6 Å². The van der Waals surface area contributed by atoms with Gasteiger partial charge in [0.15, 0.2) is 0 Å². The second-order valence-electron chi connectivity index (χ2n) is 4.94. The molecular formula is C16H21NO2S. The van der Waals surface area contributed by atoms with Crippen molar-refractivity contribution >= 4 is 11.8 Å². The van der Waals surface area contributed by atoms with Gasteiger partial charge in [0, 0.05) is 11.8 Å². The molecule has 20 heavy (non-hydrogen) atoms. The van der Waals surface area contributed by atoms with Gasteiger partial charge in [0.05, 0.1) is 18.1 Å². The molecule has 0 radical (unpaired) electrons. The molecule has 0 saturated heterocycles. The molecule has 0 aliphatic rings. The van der Waals surface area contributed by atoms with Crippen molar-refractivity contribution in [2.75, 3.05) is 5.75 Å². The van der Waals surface area contributed by atoms with Crippen LogP contribution < -0.4 is 10.5 Å². The van der Waals surface area contributed by atoms with Crippen molar-refractivity contribution in [2.45, 2.75) is 31.7 Å². The van der Waals surface area contributed by atoms with Crippen molar-refractivity contribution in [2.24, 2.45) is 5.73 Å². The highest BCUT2D eigenvalue weighted by Crippen LogP contribution is 2.22. The van der Waals surface area contributed by atoms with Crippen LogP contribution in [0.15, 0.2) is 47.1 Å². The lowest BCUT2D eigenvalue weighted by Crippen LogP contribution is -2.13. The molecule has 1 aromatic heterocycles. The Balaban J connectivity index is 1.81. The number of nitrogens with two attached hydrogens (primary N) is 1. The lowest BCUT2D eigenvalue weighted by Gasteiger charge is -2.13. The molecular weight excluding hydrogens is 270 g/mol. The summed E-state index contributed by atoms with van der Waals surface area (Å²) in [6.07, 6.45) is 1.89. The van der Waals surface area contributed by atoms with Crippen molar-refractivity contribution in [1.82, 2.24) is 0 Å². The van der Waals surface area contributed by atoms with Gasteiger partial charge in [0.25, 0.3) is 0 Å². The second-order valence-corrected chi connectivity index (χ2v) is 5.97. The van der Waals surface area contributed by atoms with Crippen LogP contribution in [0.4, 0.5) is 0 Å². The van der Waals surface area contributed by atoms with E-state index in [9.17, 15) is 0 Å². The summed E-state index contributed by atoms with van der Waals surface area (Å²) in [5, 5.41) is 0. The third-order valence-electron chi connectivity index (χ3n) is 2.80. The molecule has 0 aliphatic heterocycles. The Morgan fingerprint density at radius 2 is 1.95 bits per heavy atom. The SMILES string of the molecule is CC(C)Oc1ccc(C(N)CSCc2ccco2)cc1. The van der Waals surface area contributed by atoms with E-state index >= 15 is 0 Å². The number of hydrogen-bond donors (Lipinski definition) is 1. The molecule has 0 bridgehead atoms. The zero-order valence-corrected chi connectivity index (χ0v) is 12.7. The molecule has 1 atom stereocenters. The van der Waals surface area contributed by atoms with Gasteiger partial charge < -0.3 is 14.9 Å². The normalized spacial score (nSPS) is 12.6. The summed E-state index contributed by atoms with van der Waals surface area (Å²) in [5.74, 6) is 3.60. The van der Waals surface area contributed by atoms with Crippen molar-refractivity contribution in [3.8, 4) is 5.75 Å². The molecule has 2 aromatic rings. The first-order chi connectivity index (χ1) is 9.65. The highest BCUT2D eigenvalue weighted by molar-refractivity contribution is 7.98. The van der Waals surface area contributed by atoms with Crippen LogP contribution in [-0.2, 0) is 5.75 Å². The standard InChI is InChI=1S/C16H21NO2S/c1-12(2)19-14-7-5-13(6-8-14)16(17)11-20-10-15-4-3-9-18-15/h3-9,12,16H,10-11,17H2,1-2H3. The van der Waals surface area contributed by atoms with E-state index in [1.165, 1.54) is 0 Å². The summed E-state index contributed by atoms with van der Waals surface area (Å²) in [7, 11) is 0. The van der Waals surface area contributed by atoms with Gasteiger partial charge in [-0.25, -0.2) is 0 Å². The Morgan fingerprint density at radius 3 is 2.55 bits per heavy atom. The third-order valence-corrected chi connectivity index (χ3v) is 3.89. The van der Waals surface area contributed by atoms with E-state index < -0.39 is 0 Å². The molecule has 1 aromatic carbocycles. The van der Waals surface area contributed by atoms with Crippen LogP contribution in [0.25, 0.3) is 0 Å². The average molecular weight is 291 g/mol. The number of thioether (sulfide) groups is 1. The molecule has 0 spiro atoms. The Morgan fingerprint density at radius 1 is 1.20 bits per heavy atom. The molecule has 0 amide bonds. The summed E-state index contributed by atoms with van der Waals surface area (Å²) < 4.78 is 10.9. The van der Waals surface area contributed by atoms with Gasteiger partial charge in [-0.15, -0.1) is 0 Å². The molecule has 4 heteroatoms. The summed E-state index contributed by atoms with van der Waals surface area (Å²) in [6.45, 7) is 4.04. The van der Waals surface area contributed by atoms with Crippen LogP contribution in [-0.4, -0.2) is 11.9 Å². The Bertz CT molecular complexity index is 494. The van der Waals surface area contributed by atoms with Crippen molar-refractivity contribution in [3.05, 3.63) is 54.0 Å². The van der Waals surface area contributed by atoms with Crippen molar-refractivity contribution < 1.29 is 9.15 Å². The van der Waals surface area contributed by atoms with E-state index in [1.807, 2.05) is 50.2 Å². The van der Waals surface area contributed by atoms with Crippen LogP contribution in [0.3, 0.4) is 0 Å². The number of ether oxygens (including phenoxy) is 1. The predicted molar refractivity (Wildman–Crippen MR) is 84.0 cm³/mol. The summed E-state index contributed by atoms with van der Waals surface area (Å²) in [5.41, 5.74) is 7.33. The summed E-state index contributed by atoms with van der Waals surface area (Å²) >= 11 is 1.78. The second kappa shape index (κ2) is 7.41. The Labute approximate surface area is 124 Å². The first kappa shape index (κ1) is 15.0. The smallest absolute Gasteiger partial charge is 0.119 e. The zero-order valence-electron chi connectivity index (χ0n) is 11.9. The van der Waals surface area contributed by atoms with Gasteiger partial charge in [-0.2, -0.15) is 11.8 Å². The minimum absolute atomic E-state index is 0.0306. The largest absolute Gasteiger partial charge is 0.491 e. The first-order valence-corrected chi connectivity index (χ1v) is 7.93. The molecule has 0 aliphatic carbocycles. The number of hydrogen-bond acceptors (Lipinski definition) is 4. The van der Waals surface area contributed by atoms with Crippen LogP contribution >= 0.6 is 11.8 Å². The topological polar surface area (TPSA) is 48.4 Å². The third kappa shape index (κ3) is 4.62. The predicted octanol–water partition coefficient (Wildman–Crippen LogP) is 4.00. The number of benzene rings is 1. The fourth-order valence-corrected chi connectivity index (χ4v) is 2.77. The van der Waals surface area contributed by atoms with E-state index in [0.29, 0.717) is 0 Å². The maximum atomic E-state index is 6.19. The molecule has 2 rings (SSSR count). The van der Waals surface area contributed by atoms with Gasteiger partial charge in [-0.1, -0.05) is 12.1 Å². The Hall–Kier alpha value is -1.39. The van der Waals surface area contributed by atoms with Crippen LogP contribution in [0.2, 0.25) is 0 Å². The fourth-order valence-electron chi connectivity index (χ4n) is 1.84. The molecule has 108 valence electrons. The maximum absolute atomic E-state index is 6.19. The van der Waals surface area contributed by atoms with E-state index in [4.69, 9.17) is 14.9 Å². The average Bonchev–Trinajstić information content (AvgIpc) is 2.92. The highest BCUT2D eigenvalue weighted by atomic mass is 32.2. The van der Waals surface area contributed by atoms with E-state index in [1.54, 1.807) is 18.0 Å². The lowest BCUT2D eigenvalue weighted by molar-refractivity contribution is 0.242. The van der Waals surface area contributed by atoms with Crippen LogP contribution in [0, 0.1) is 0 Å². The monoisotopic (exact) mass is 291 g/mol. The van der Waals surface area contributed by atoms with Crippen LogP contribution in [0.1, 0.15) is 31.2 Å². The molecule has 1 heterocycles. The summed E-state index contributed by atoms with van der Waals surface area (Å²) in [6, 6.07) is 12.0. The molecule has 0 fully saturated rings. The number of furan rings is 1. The van der Waals surface area contributed by atoms with Crippen molar-refractivity contribution in [1.29, 1.82) is 0 Å². The highest BCUT2D eigenvalue weighted by Gasteiger charge is 2.07. The first-order valence-electron chi connectivity index (χ1n) is 6.77. The quantitative estimate of drug-likeness (QED) is 0.837. The summed E-state index contributed by atoms with van der Waals surface area (Å²) in [4.78, 5) is 0. The zero-order chi connectivity index (χ0) is 14.4. The van der Waals surface area contributed by atoms with E-state index in [-0.39, 0.29) is 12.1 Å². The van der Waals surface area contributed by atoms with E-state index in [2.05, 4.69) is 0 Å². The van der Waals surface area contributed by atoms with Gasteiger partial charge in [0.2, 0.25) is 0 Å². The minimum atomic E-state index is 0.0306. The maximum Gasteiger partial charge on any atom is 0.119 e. The van der Waals surface area contributed by atoms with Gasteiger partial charge in [-0.3, -0.25) is 0 Å². The van der Waals surface area contributed by atoms with Gasteiger partial charge in [-0.05, 0) is 43.7 Å². The van der Waals surface area contributed by atoms with Crippen LogP contribution in [0.5, 0.6) is 5.75 Å².